The number of nitrogens with one attached hydrogen (secondary N) is 2. The van der Waals surface area contributed by atoms with Crippen molar-refractivity contribution in [2.75, 3.05) is 7.11 Å². The highest BCUT2D eigenvalue weighted by Gasteiger charge is 2.31. The molecule has 0 aromatic rings. The van der Waals surface area contributed by atoms with Crippen molar-refractivity contribution in [2.45, 2.75) is 103 Å². The van der Waals surface area contributed by atoms with Crippen molar-refractivity contribution in [3.05, 3.63) is 71.5 Å². The summed E-state index contributed by atoms with van der Waals surface area (Å²) in [5, 5.41) is 16.6. The largest absolute Gasteiger partial charge is 0.460 e. The topological polar surface area (TPSA) is 148 Å². The number of aliphatic hydroxyl groups excluding tert-OH is 1. The summed E-state index contributed by atoms with van der Waals surface area (Å²) in [6.45, 7) is 5.16. The van der Waals surface area contributed by atoms with Gasteiger partial charge in [0, 0.05) is 37.0 Å². The average molecular weight is 637 g/mol. The van der Waals surface area contributed by atoms with Gasteiger partial charge in [0.15, 0.2) is 5.78 Å². The molecule has 2 bridgehead atoms. The third-order valence-corrected chi connectivity index (χ3v) is 8.65. The Morgan fingerprint density at radius 3 is 2.48 bits per heavy atom. The summed E-state index contributed by atoms with van der Waals surface area (Å²) in [5.74, 6) is -2.59. The van der Waals surface area contributed by atoms with E-state index in [0.717, 1.165) is 38.2 Å². The van der Waals surface area contributed by atoms with Crippen LogP contribution in [0.2, 0.25) is 0 Å². The van der Waals surface area contributed by atoms with Crippen molar-refractivity contribution in [3.8, 4) is 0 Å². The standard InChI is InChI=1S/C36H48N2O8/c1-23-14-13-17-27-20-28(39)21-30(34(27)42)38-32(40)22-29(45-4)18-11-6-5-7-12-19-31(24(2)33(23)41)46-36(44)25(3)37-35(43)26-15-9-8-10-16-26/h5-7,11-12,14,18,20-21,24-26,29,31,33,41H,8-10,13,15-17,19,22H2,1-4H3,(H,37,43)(H,38,40)/b6-5+,12-7+,18-11+,23-14+/t24-,25+,29-,31-,33-/m0/s1. The Hall–Kier alpha value is -3.89. The van der Waals surface area contributed by atoms with Crippen molar-refractivity contribution < 1.29 is 38.6 Å². The predicted octanol–water partition coefficient (Wildman–Crippen LogP) is 4.26. The van der Waals surface area contributed by atoms with E-state index in [2.05, 4.69) is 10.6 Å². The molecule has 1 aliphatic heterocycles. The second-order valence-electron chi connectivity index (χ2n) is 12.3. The van der Waals surface area contributed by atoms with Crippen LogP contribution in [0, 0.1) is 11.8 Å². The van der Waals surface area contributed by atoms with E-state index in [1.807, 2.05) is 6.08 Å². The minimum absolute atomic E-state index is 0.0567. The molecule has 3 aliphatic rings. The maximum Gasteiger partial charge on any atom is 0.328 e. The van der Waals surface area contributed by atoms with Gasteiger partial charge < -0.3 is 25.2 Å². The van der Waals surface area contributed by atoms with E-state index in [4.69, 9.17) is 9.47 Å². The van der Waals surface area contributed by atoms with Gasteiger partial charge in [0.2, 0.25) is 17.6 Å². The monoisotopic (exact) mass is 636 g/mol. The summed E-state index contributed by atoms with van der Waals surface area (Å²) in [6, 6.07) is -0.840. The molecule has 46 heavy (non-hydrogen) atoms. The lowest BCUT2D eigenvalue weighted by atomic mass is 9.88. The Morgan fingerprint density at radius 2 is 1.76 bits per heavy atom. The zero-order chi connectivity index (χ0) is 33.6. The van der Waals surface area contributed by atoms with Crippen LogP contribution in [0.25, 0.3) is 0 Å². The Bertz CT molecular complexity index is 1310. The number of fused-ring (bicyclic) bond motifs is 2. The molecule has 10 nitrogen and oxygen atoms in total. The van der Waals surface area contributed by atoms with Crippen LogP contribution in [-0.2, 0) is 33.4 Å². The van der Waals surface area contributed by atoms with Crippen molar-refractivity contribution in [1.29, 1.82) is 0 Å². The van der Waals surface area contributed by atoms with Crippen molar-refractivity contribution >= 4 is 29.4 Å². The molecule has 10 heteroatoms. The van der Waals surface area contributed by atoms with Gasteiger partial charge in [-0.05, 0) is 51.2 Å². The number of allylic oxidation sites excluding steroid dienone is 8. The van der Waals surface area contributed by atoms with Gasteiger partial charge in [-0.3, -0.25) is 19.2 Å². The number of Topliss-reactive ketones (excluding diaryl/α,β-unsaturated/α-hetero) is 1. The van der Waals surface area contributed by atoms with Crippen LogP contribution in [0.1, 0.15) is 78.6 Å². The Labute approximate surface area is 271 Å². The normalized spacial score (nSPS) is 29.8. The minimum atomic E-state index is -0.968. The molecule has 0 unspecified atom stereocenters. The van der Waals surface area contributed by atoms with E-state index in [1.54, 1.807) is 57.2 Å². The van der Waals surface area contributed by atoms with Gasteiger partial charge in [-0.2, -0.15) is 0 Å². The molecule has 0 aromatic heterocycles. The van der Waals surface area contributed by atoms with E-state index in [0.29, 0.717) is 18.4 Å². The summed E-state index contributed by atoms with van der Waals surface area (Å²) in [5.41, 5.74) is 0.803. The third-order valence-electron chi connectivity index (χ3n) is 8.65. The lowest BCUT2D eigenvalue weighted by Gasteiger charge is -2.29. The highest BCUT2D eigenvalue weighted by molar-refractivity contribution is 6.21. The lowest BCUT2D eigenvalue weighted by Crippen LogP contribution is -2.45. The summed E-state index contributed by atoms with van der Waals surface area (Å²) in [6.07, 6.45) is 18.1. The SMILES string of the molecule is CO[C@H]1/C=C/C=C/C=C/C[C@H](OC(=O)[C@@H](C)NC(=O)C2CCCCC2)[C@H](C)[C@@H](O)/C(C)=C/CCC2=CC(=O)C=C(NC(=O)C1)C2=O. The number of carbonyl (C=O) groups is 5. The molecule has 0 spiro atoms. The van der Waals surface area contributed by atoms with Gasteiger partial charge in [0.25, 0.3) is 0 Å². The summed E-state index contributed by atoms with van der Waals surface area (Å²) in [4.78, 5) is 63.8. The molecule has 1 fully saturated rings. The quantitative estimate of drug-likeness (QED) is 0.230. The zero-order valence-corrected chi connectivity index (χ0v) is 27.3. The summed E-state index contributed by atoms with van der Waals surface area (Å²) >= 11 is 0. The lowest BCUT2D eigenvalue weighted by molar-refractivity contribution is -0.156. The fourth-order valence-electron chi connectivity index (χ4n) is 5.73. The highest BCUT2D eigenvalue weighted by atomic mass is 16.5. The van der Waals surface area contributed by atoms with Crippen LogP contribution in [0.4, 0.5) is 0 Å². The molecule has 1 heterocycles. The number of ketones is 2. The fourth-order valence-corrected chi connectivity index (χ4v) is 5.73. The molecule has 2 amide bonds. The number of hydrogen-bond donors (Lipinski definition) is 3. The van der Waals surface area contributed by atoms with Gasteiger partial charge in [0.05, 0.1) is 24.3 Å². The number of esters is 1. The summed E-state index contributed by atoms with van der Waals surface area (Å²) < 4.78 is 11.3. The molecule has 0 radical (unpaired) electrons. The molecule has 2 aliphatic carbocycles. The van der Waals surface area contributed by atoms with Crippen LogP contribution in [0.3, 0.4) is 0 Å². The first-order valence-corrected chi connectivity index (χ1v) is 16.2. The average Bonchev–Trinajstić information content (AvgIpc) is 3.04. The molecular formula is C36H48N2O8. The van der Waals surface area contributed by atoms with Gasteiger partial charge in [-0.1, -0.05) is 68.7 Å². The number of rotatable bonds is 5. The van der Waals surface area contributed by atoms with E-state index in [9.17, 15) is 29.1 Å². The molecule has 5 atom stereocenters. The molecule has 3 rings (SSSR count). The van der Waals surface area contributed by atoms with Crippen LogP contribution < -0.4 is 10.6 Å². The molecular weight excluding hydrogens is 588 g/mol. The number of carbonyl (C=O) groups excluding carboxylic acids is 5. The Balaban J connectivity index is 1.79. The van der Waals surface area contributed by atoms with Crippen LogP contribution in [-0.4, -0.2) is 65.9 Å². The zero-order valence-electron chi connectivity index (χ0n) is 27.3. The van der Waals surface area contributed by atoms with Crippen LogP contribution in [0.5, 0.6) is 0 Å². The van der Waals surface area contributed by atoms with Crippen molar-refractivity contribution in [1.82, 2.24) is 10.6 Å². The van der Waals surface area contributed by atoms with Gasteiger partial charge in [-0.15, -0.1) is 0 Å². The minimum Gasteiger partial charge on any atom is -0.460 e. The van der Waals surface area contributed by atoms with Crippen molar-refractivity contribution in [2.24, 2.45) is 11.8 Å². The summed E-state index contributed by atoms with van der Waals surface area (Å²) in [7, 11) is 1.47. The molecule has 1 saturated carbocycles. The van der Waals surface area contributed by atoms with Gasteiger partial charge in [-0.25, -0.2) is 4.79 Å². The number of methoxy groups -OCH3 is 1. The van der Waals surface area contributed by atoms with Gasteiger partial charge >= 0.3 is 5.97 Å². The van der Waals surface area contributed by atoms with E-state index in [-0.39, 0.29) is 35.9 Å². The molecule has 3 N–H and O–H groups in total. The second kappa shape index (κ2) is 18.3. The molecule has 250 valence electrons. The number of amides is 2. The fraction of sp³-hybridized carbons (Fsp3) is 0.528. The predicted molar refractivity (Wildman–Crippen MR) is 174 cm³/mol. The van der Waals surface area contributed by atoms with Crippen LogP contribution >= 0.6 is 0 Å². The number of ether oxygens (including phenoxy) is 2. The van der Waals surface area contributed by atoms with Crippen molar-refractivity contribution in [3.63, 3.8) is 0 Å². The first-order valence-electron chi connectivity index (χ1n) is 16.2. The highest BCUT2D eigenvalue weighted by Crippen LogP contribution is 2.25. The number of aliphatic hydroxyl groups is 1. The molecule has 0 aromatic carbocycles. The third kappa shape index (κ3) is 11.2. The Morgan fingerprint density at radius 1 is 1.04 bits per heavy atom. The second-order valence-corrected chi connectivity index (χ2v) is 12.3. The first-order chi connectivity index (χ1) is 22.0. The van der Waals surface area contributed by atoms with E-state index >= 15 is 0 Å². The number of hydrogen-bond acceptors (Lipinski definition) is 8. The van der Waals surface area contributed by atoms with Crippen LogP contribution in [0.15, 0.2) is 71.5 Å². The molecule has 0 saturated heterocycles. The smallest absolute Gasteiger partial charge is 0.328 e. The maximum atomic E-state index is 13.1. The van der Waals surface area contributed by atoms with E-state index in [1.165, 1.54) is 13.2 Å². The van der Waals surface area contributed by atoms with E-state index < -0.39 is 53.7 Å². The Kier molecular flexibility index (Phi) is 14.6. The maximum absolute atomic E-state index is 13.1. The van der Waals surface area contributed by atoms with Gasteiger partial charge in [0.1, 0.15) is 12.1 Å². The first kappa shape index (κ1) is 36.6.